The monoisotopic (exact) mass is 378 g/mol. The number of nitrogens with one attached hydrogen (secondary N) is 2. The van der Waals surface area contributed by atoms with Crippen LogP contribution in [0.4, 0.5) is 0 Å². The predicted molar refractivity (Wildman–Crippen MR) is 93.6 cm³/mol. The zero-order valence-corrected chi connectivity index (χ0v) is 14.9. The molecule has 0 saturated carbocycles. The van der Waals surface area contributed by atoms with Crippen molar-refractivity contribution in [2.45, 2.75) is 4.34 Å². The number of amides is 1. The molecule has 2 aromatic heterocycles. The molecule has 0 radical (unpaired) electrons. The van der Waals surface area contributed by atoms with Gasteiger partial charge in [0.05, 0.1) is 10.2 Å². The van der Waals surface area contributed by atoms with Gasteiger partial charge in [-0.25, -0.2) is 18.1 Å². The van der Waals surface area contributed by atoms with Crippen LogP contribution in [-0.2, 0) is 10.0 Å². The van der Waals surface area contributed by atoms with E-state index >= 15 is 0 Å². The highest BCUT2D eigenvalue weighted by molar-refractivity contribution is 7.91. The molecule has 0 fully saturated rings. The van der Waals surface area contributed by atoms with E-state index in [1.165, 1.54) is 26.4 Å². The van der Waals surface area contributed by atoms with Crippen molar-refractivity contribution in [3.05, 3.63) is 42.2 Å². The number of carbonyl (C=O) groups is 1. The second-order valence-electron chi connectivity index (χ2n) is 4.87. The lowest BCUT2D eigenvalue weighted by atomic mass is 10.3. The third-order valence-electron chi connectivity index (χ3n) is 3.27. The molecule has 8 nitrogen and oxygen atoms in total. The number of rotatable bonds is 5. The molecule has 0 aliphatic carbocycles. The van der Waals surface area contributed by atoms with Crippen molar-refractivity contribution in [3.8, 4) is 11.5 Å². The Kier molecular flexibility index (Phi) is 4.66. The van der Waals surface area contributed by atoms with Crippen LogP contribution < -0.4 is 14.8 Å². The molecule has 25 heavy (non-hydrogen) atoms. The first-order valence-corrected chi connectivity index (χ1v) is 9.43. The van der Waals surface area contributed by atoms with E-state index in [1.807, 2.05) is 0 Å². The van der Waals surface area contributed by atoms with Crippen LogP contribution in [0, 0.1) is 0 Å². The van der Waals surface area contributed by atoms with Crippen molar-refractivity contribution in [2.75, 3.05) is 14.1 Å². The molecule has 1 amide bonds. The average Bonchev–Trinajstić information content (AvgIpc) is 3.05. The van der Waals surface area contributed by atoms with Gasteiger partial charge in [0.1, 0.15) is 17.2 Å². The largest absolute Gasteiger partial charge is 0.457 e. The Morgan fingerprint density at radius 2 is 1.92 bits per heavy atom. The minimum Gasteiger partial charge on any atom is -0.457 e. The Bertz CT molecular complexity index is 1050. The maximum atomic E-state index is 11.8. The lowest BCUT2D eigenvalue weighted by Gasteiger charge is -2.06. The van der Waals surface area contributed by atoms with Crippen molar-refractivity contribution >= 4 is 37.5 Å². The molecular weight excluding hydrogens is 364 g/mol. The van der Waals surface area contributed by atoms with Gasteiger partial charge < -0.3 is 10.1 Å². The molecule has 10 heteroatoms. The number of nitrogens with zero attached hydrogens (tertiary/aromatic N) is 2. The topological polar surface area (TPSA) is 110 Å². The van der Waals surface area contributed by atoms with E-state index in [1.54, 1.807) is 24.3 Å². The van der Waals surface area contributed by atoms with Crippen molar-refractivity contribution in [1.29, 1.82) is 0 Å². The molecule has 130 valence electrons. The molecule has 0 saturated heterocycles. The first-order valence-electron chi connectivity index (χ1n) is 7.13. The zero-order chi connectivity index (χ0) is 18.0. The number of fused-ring (bicyclic) bond motifs is 1. The summed E-state index contributed by atoms with van der Waals surface area (Å²) in [6, 6.07) is 8.20. The van der Waals surface area contributed by atoms with Gasteiger partial charge in [0.25, 0.3) is 15.9 Å². The van der Waals surface area contributed by atoms with E-state index in [0.717, 1.165) is 11.3 Å². The summed E-state index contributed by atoms with van der Waals surface area (Å²) in [4.78, 5) is 19.7. The highest BCUT2D eigenvalue weighted by Gasteiger charge is 2.17. The third kappa shape index (κ3) is 3.60. The van der Waals surface area contributed by atoms with E-state index in [-0.39, 0.29) is 15.9 Å². The van der Waals surface area contributed by atoms with Gasteiger partial charge in [-0.1, -0.05) is 0 Å². The lowest BCUT2D eigenvalue weighted by molar-refractivity contribution is 0.0958. The summed E-state index contributed by atoms with van der Waals surface area (Å²) in [5.41, 5.74) is 0.799. The minimum atomic E-state index is -3.59. The van der Waals surface area contributed by atoms with Gasteiger partial charge in [-0.2, -0.15) is 0 Å². The van der Waals surface area contributed by atoms with Crippen LogP contribution in [0.2, 0.25) is 0 Å². The SMILES string of the molecule is CNC(=O)c1cc(Oc2ccc3nc(S(=O)(=O)NC)sc3c2)ccn1. The fourth-order valence-corrected chi connectivity index (χ4v) is 4.09. The summed E-state index contributed by atoms with van der Waals surface area (Å²) < 4.78 is 32.3. The van der Waals surface area contributed by atoms with Crippen LogP contribution >= 0.6 is 11.3 Å². The fraction of sp³-hybridized carbons (Fsp3) is 0.133. The Labute approximate surface area is 147 Å². The maximum absolute atomic E-state index is 11.8. The van der Waals surface area contributed by atoms with Gasteiger partial charge in [0.15, 0.2) is 0 Å². The second kappa shape index (κ2) is 6.75. The summed E-state index contributed by atoms with van der Waals surface area (Å²) in [7, 11) is -0.729. The van der Waals surface area contributed by atoms with Crippen LogP contribution in [0.5, 0.6) is 11.5 Å². The summed E-state index contributed by atoms with van der Waals surface area (Å²) in [5, 5.41) is 2.49. The first kappa shape index (κ1) is 17.3. The van der Waals surface area contributed by atoms with Crippen molar-refractivity contribution in [1.82, 2.24) is 20.0 Å². The number of thiazole rings is 1. The van der Waals surface area contributed by atoms with Crippen molar-refractivity contribution in [3.63, 3.8) is 0 Å². The van der Waals surface area contributed by atoms with Gasteiger partial charge in [-0.15, -0.1) is 11.3 Å². The fourth-order valence-electron chi connectivity index (χ4n) is 2.01. The summed E-state index contributed by atoms with van der Waals surface area (Å²) in [5.74, 6) is 0.629. The first-order chi connectivity index (χ1) is 11.9. The highest BCUT2D eigenvalue weighted by Crippen LogP contribution is 2.30. The summed E-state index contributed by atoms with van der Waals surface area (Å²) >= 11 is 1.05. The summed E-state index contributed by atoms with van der Waals surface area (Å²) in [6.45, 7) is 0. The molecule has 3 rings (SSSR count). The average molecular weight is 378 g/mol. The normalized spacial score (nSPS) is 11.4. The molecule has 0 aliphatic heterocycles. The van der Waals surface area contributed by atoms with Crippen LogP contribution in [0.15, 0.2) is 40.9 Å². The van der Waals surface area contributed by atoms with Crippen molar-refractivity contribution < 1.29 is 17.9 Å². The lowest BCUT2D eigenvalue weighted by Crippen LogP contribution is -2.18. The predicted octanol–water partition coefficient (Wildman–Crippen LogP) is 1.75. The number of ether oxygens (including phenoxy) is 1. The van der Waals surface area contributed by atoms with Crippen LogP contribution in [-0.4, -0.2) is 38.4 Å². The van der Waals surface area contributed by atoms with E-state index in [2.05, 4.69) is 20.0 Å². The van der Waals surface area contributed by atoms with Gasteiger partial charge in [-0.3, -0.25) is 9.78 Å². The molecule has 0 unspecified atom stereocenters. The van der Waals surface area contributed by atoms with Gasteiger partial charge in [0.2, 0.25) is 4.34 Å². The number of hydrogen-bond acceptors (Lipinski definition) is 7. The number of pyridine rings is 1. The molecule has 0 atom stereocenters. The number of sulfonamides is 1. The molecule has 0 aliphatic rings. The smallest absolute Gasteiger partial charge is 0.269 e. The number of benzene rings is 1. The maximum Gasteiger partial charge on any atom is 0.269 e. The van der Waals surface area contributed by atoms with E-state index < -0.39 is 10.0 Å². The van der Waals surface area contributed by atoms with Crippen LogP contribution in [0.3, 0.4) is 0 Å². The van der Waals surface area contributed by atoms with E-state index in [9.17, 15) is 13.2 Å². The Balaban J connectivity index is 1.91. The second-order valence-corrected chi connectivity index (χ2v) is 7.97. The highest BCUT2D eigenvalue weighted by atomic mass is 32.2. The number of carbonyl (C=O) groups excluding carboxylic acids is 1. The molecule has 0 bridgehead atoms. The van der Waals surface area contributed by atoms with Crippen molar-refractivity contribution in [2.24, 2.45) is 0 Å². The quantitative estimate of drug-likeness (QED) is 0.700. The molecule has 0 spiro atoms. The molecule has 3 aromatic rings. The third-order valence-corrected chi connectivity index (χ3v) is 6.08. The number of hydrogen-bond donors (Lipinski definition) is 2. The Hall–Kier alpha value is -2.56. The standard InChI is InChI=1S/C15H14N4O4S2/c1-16-14(20)12-7-10(5-6-18-12)23-9-3-4-11-13(8-9)24-15(19-11)25(21,22)17-2/h3-8,17H,1-2H3,(H,16,20). The molecule has 1 aromatic carbocycles. The molecule has 2 N–H and O–H groups in total. The van der Waals surface area contributed by atoms with Gasteiger partial charge in [0, 0.05) is 25.4 Å². The van der Waals surface area contributed by atoms with E-state index in [0.29, 0.717) is 21.7 Å². The van der Waals surface area contributed by atoms with Crippen LogP contribution in [0.1, 0.15) is 10.5 Å². The number of aromatic nitrogens is 2. The van der Waals surface area contributed by atoms with E-state index in [4.69, 9.17) is 4.74 Å². The van der Waals surface area contributed by atoms with Crippen LogP contribution in [0.25, 0.3) is 10.2 Å². The van der Waals surface area contributed by atoms with Gasteiger partial charge >= 0.3 is 0 Å². The summed E-state index contributed by atoms with van der Waals surface area (Å²) in [6.07, 6.45) is 1.47. The molecule has 2 heterocycles. The minimum absolute atomic E-state index is 0.00651. The van der Waals surface area contributed by atoms with Gasteiger partial charge in [-0.05, 0) is 25.2 Å². The Morgan fingerprint density at radius 3 is 2.64 bits per heavy atom. The molecular formula is C15H14N4O4S2. The Morgan fingerprint density at radius 1 is 1.16 bits per heavy atom. The zero-order valence-electron chi connectivity index (χ0n) is 13.3.